The summed E-state index contributed by atoms with van der Waals surface area (Å²) in [6, 6.07) is 4.18. The number of nitrogens with one attached hydrogen (secondary N) is 1. The van der Waals surface area contributed by atoms with Gasteiger partial charge in [-0.2, -0.15) is 5.10 Å². The van der Waals surface area contributed by atoms with E-state index in [1.54, 1.807) is 0 Å². The summed E-state index contributed by atoms with van der Waals surface area (Å²) >= 11 is 8.26. The highest BCUT2D eigenvalue weighted by atomic mass is 127. The molecule has 1 aliphatic heterocycles. The molecule has 0 bridgehead atoms. The normalized spacial score (nSPS) is 17.8. The summed E-state index contributed by atoms with van der Waals surface area (Å²) in [4.78, 5) is 8.32. The highest BCUT2D eigenvalue weighted by molar-refractivity contribution is 14.1. The van der Waals surface area contributed by atoms with Crippen LogP contribution in [0.25, 0.3) is 10.9 Å². The van der Waals surface area contributed by atoms with Gasteiger partial charge in [0.15, 0.2) is 6.23 Å². The van der Waals surface area contributed by atoms with Crippen molar-refractivity contribution in [1.29, 1.82) is 0 Å². The predicted molar refractivity (Wildman–Crippen MR) is 106 cm³/mol. The molecule has 1 unspecified atom stereocenters. The maximum atomic E-state index is 6.11. The Kier molecular flexibility index (Phi) is 4.79. The number of aryl methyl sites for hydroxylation is 1. The van der Waals surface area contributed by atoms with Gasteiger partial charge in [0.25, 0.3) is 0 Å². The van der Waals surface area contributed by atoms with Gasteiger partial charge in [-0.25, -0.2) is 14.6 Å². The Morgan fingerprint density at radius 3 is 3.00 bits per heavy atom. The first-order valence-corrected chi connectivity index (χ1v) is 9.62. The van der Waals surface area contributed by atoms with Gasteiger partial charge in [-0.15, -0.1) is 0 Å². The van der Waals surface area contributed by atoms with E-state index >= 15 is 0 Å². The Balaban J connectivity index is 1.77. The van der Waals surface area contributed by atoms with Crippen molar-refractivity contribution in [2.75, 3.05) is 11.9 Å². The van der Waals surface area contributed by atoms with Crippen LogP contribution in [0.5, 0.6) is 0 Å². The van der Waals surface area contributed by atoms with Crippen molar-refractivity contribution in [1.82, 2.24) is 19.7 Å². The lowest BCUT2D eigenvalue weighted by molar-refractivity contribution is -0.0366. The minimum atomic E-state index is 0.00966. The van der Waals surface area contributed by atoms with Crippen molar-refractivity contribution < 1.29 is 4.74 Å². The summed E-state index contributed by atoms with van der Waals surface area (Å²) in [5.74, 6) is 0.692. The molecule has 0 spiro atoms. The molecule has 3 heterocycles. The van der Waals surface area contributed by atoms with Crippen LogP contribution in [0.1, 0.15) is 31.1 Å². The Bertz CT molecular complexity index is 923. The largest absolute Gasteiger partial charge is 0.356 e. The third-order valence-electron chi connectivity index (χ3n) is 4.41. The second-order valence-corrected chi connectivity index (χ2v) is 7.49. The van der Waals surface area contributed by atoms with Crippen LogP contribution in [0.2, 0.25) is 5.15 Å². The van der Waals surface area contributed by atoms with Gasteiger partial charge < -0.3 is 10.1 Å². The molecule has 0 aliphatic carbocycles. The lowest BCUT2D eigenvalue weighted by Crippen LogP contribution is -2.18. The molecule has 1 N–H and O–H groups in total. The number of benzene rings is 1. The van der Waals surface area contributed by atoms with E-state index in [9.17, 15) is 0 Å². The molecule has 0 saturated carbocycles. The molecule has 0 radical (unpaired) electrons. The second-order valence-electron chi connectivity index (χ2n) is 6.05. The lowest BCUT2D eigenvalue weighted by Gasteiger charge is -2.23. The standard InChI is InChI=1S/C17H17ClIN5O/c1-10-5-6-12-11(8-22-24(12)13-4-2-3-7-25-13)15(10)23-17-14(19)16(18)20-9-21-17/h5-6,8-9,13H,2-4,7H2,1H3,(H,20,21,23). The fourth-order valence-electron chi connectivity index (χ4n) is 3.10. The predicted octanol–water partition coefficient (Wildman–Crippen LogP) is 4.84. The van der Waals surface area contributed by atoms with Crippen LogP contribution in [0.4, 0.5) is 11.5 Å². The summed E-state index contributed by atoms with van der Waals surface area (Å²) in [6.07, 6.45) is 6.64. The van der Waals surface area contributed by atoms with Gasteiger partial charge in [0, 0.05) is 12.0 Å². The minimum Gasteiger partial charge on any atom is -0.356 e. The number of hydrogen-bond donors (Lipinski definition) is 1. The zero-order valence-corrected chi connectivity index (χ0v) is 16.6. The first-order valence-electron chi connectivity index (χ1n) is 8.16. The number of aromatic nitrogens is 4. The number of fused-ring (bicyclic) bond motifs is 1. The van der Waals surface area contributed by atoms with Gasteiger partial charge in [0.2, 0.25) is 0 Å². The van der Waals surface area contributed by atoms with Gasteiger partial charge >= 0.3 is 0 Å². The van der Waals surface area contributed by atoms with Gasteiger partial charge in [-0.1, -0.05) is 17.7 Å². The van der Waals surface area contributed by atoms with Crippen LogP contribution in [0.15, 0.2) is 24.7 Å². The van der Waals surface area contributed by atoms with Crippen molar-refractivity contribution in [3.63, 3.8) is 0 Å². The van der Waals surface area contributed by atoms with E-state index in [2.05, 4.69) is 62.0 Å². The number of rotatable bonds is 3. The summed E-state index contributed by atoms with van der Waals surface area (Å²) < 4.78 is 8.67. The Labute approximate surface area is 164 Å². The van der Waals surface area contributed by atoms with Crippen molar-refractivity contribution in [3.05, 3.63) is 38.9 Å². The summed E-state index contributed by atoms with van der Waals surface area (Å²) in [6.45, 7) is 2.85. The van der Waals surface area contributed by atoms with E-state index in [1.807, 2.05) is 10.9 Å². The zero-order valence-electron chi connectivity index (χ0n) is 13.7. The Morgan fingerprint density at radius 2 is 2.20 bits per heavy atom. The Morgan fingerprint density at radius 1 is 1.32 bits per heavy atom. The summed E-state index contributed by atoms with van der Waals surface area (Å²) in [7, 11) is 0. The molecular formula is C17H17ClIN5O. The Hall–Kier alpha value is -1.45. The molecule has 1 aliphatic rings. The molecule has 8 heteroatoms. The summed E-state index contributed by atoms with van der Waals surface area (Å²) in [5.41, 5.74) is 3.14. The molecule has 130 valence electrons. The maximum absolute atomic E-state index is 6.11. The maximum Gasteiger partial charge on any atom is 0.150 e. The molecule has 1 aromatic carbocycles. The molecule has 6 nitrogen and oxygen atoms in total. The van der Waals surface area contributed by atoms with Crippen LogP contribution < -0.4 is 5.32 Å². The van der Waals surface area contributed by atoms with Crippen molar-refractivity contribution in [2.45, 2.75) is 32.4 Å². The highest BCUT2D eigenvalue weighted by Gasteiger charge is 2.20. The van der Waals surface area contributed by atoms with Crippen LogP contribution in [0.3, 0.4) is 0 Å². The van der Waals surface area contributed by atoms with Crippen LogP contribution in [0, 0.1) is 10.5 Å². The molecule has 3 aromatic rings. The van der Waals surface area contributed by atoms with Crippen molar-refractivity contribution in [2.24, 2.45) is 0 Å². The van der Waals surface area contributed by atoms with Crippen molar-refractivity contribution in [3.8, 4) is 0 Å². The SMILES string of the molecule is Cc1ccc2c(cnn2C2CCCCO2)c1Nc1ncnc(Cl)c1I. The van der Waals surface area contributed by atoms with E-state index in [-0.39, 0.29) is 6.23 Å². The number of hydrogen-bond acceptors (Lipinski definition) is 5. The molecule has 25 heavy (non-hydrogen) atoms. The molecule has 0 amide bonds. The molecule has 2 aromatic heterocycles. The second kappa shape index (κ2) is 7.05. The van der Waals surface area contributed by atoms with Crippen LogP contribution >= 0.6 is 34.2 Å². The summed E-state index contributed by atoms with van der Waals surface area (Å²) in [5, 5.41) is 9.48. The zero-order chi connectivity index (χ0) is 17.4. The third kappa shape index (κ3) is 3.20. The fourth-order valence-corrected chi connectivity index (χ4v) is 3.64. The smallest absolute Gasteiger partial charge is 0.150 e. The topological polar surface area (TPSA) is 64.9 Å². The van der Waals surface area contributed by atoms with Crippen LogP contribution in [-0.2, 0) is 4.74 Å². The van der Waals surface area contributed by atoms with Crippen LogP contribution in [-0.4, -0.2) is 26.4 Å². The monoisotopic (exact) mass is 469 g/mol. The lowest BCUT2D eigenvalue weighted by atomic mass is 10.1. The van der Waals surface area contributed by atoms with Gasteiger partial charge in [-0.05, 0) is 60.4 Å². The molecule has 1 fully saturated rings. The average Bonchev–Trinajstić information content (AvgIpc) is 3.06. The van der Waals surface area contributed by atoms with E-state index in [4.69, 9.17) is 16.3 Å². The van der Waals surface area contributed by atoms with Gasteiger partial charge in [0.05, 0.1) is 21.0 Å². The van der Waals surface area contributed by atoms with E-state index < -0.39 is 0 Å². The first-order chi connectivity index (χ1) is 12.1. The van der Waals surface area contributed by atoms with E-state index in [1.165, 1.54) is 12.7 Å². The fraction of sp³-hybridized carbons (Fsp3) is 0.353. The molecular weight excluding hydrogens is 453 g/mol. The van der Waals surface area contributed by atoms with E-state index in [0.29, 0.717) is 11.0 Å². The molecule has 4 rings (SSSR count). The first kappa shape index (κ1) is 17.0. The number of ether oxygens (including phenoxy) is 1. The number of nitrogens with zero attached hydrogens (tertiary/aromatic N) is 4. The van der Waals surface area contributed by atoms with Gasteiger partial charge in [-0.3, -0.25) is 0 Å². The minimum absolute atomic E-state index is 0.00966. The van der Waals surface area contributed by atoms with Crippen molar-refractivity contribution >= 4 is 56.6 Å². The third-order valence-corrected chi connectivity index (χ3v) is 6.03. The number of anilines is 2. The molecule has 1 saturated heterocycles. The van der Waals surface area contributed by atoms with Gasteiger partial charge in [0.1, 0.15) is 17.3 Å². The highest BCUT2D eigenvalue weighted by Crippen LogP contribution is 2.34. The molecule has 1 atom stereocenters. The average molecular weight is 470 g/mol. The van der Waals surface area contributed by atoms with E-state index in [0.717, 1.165) is 45.2 Å². The quantitative estimate of drug-likeness (QED) is 0.439. The number of halogens is 2.